The van der Waals surface area contributed by atoms with E-state index in [4.69, 9.17) is 0 Å². The highest BCUT2D eigenvalue weighted by molar-refractivity contribution is 6.76. The van der Waals surface area contributed by atoms with Crippen LogP contribution in [0.15, 0.2) is 0 Å². The minimum Gasteiger partial charge on any atom is -0.300 e. The third-order valence-electron chi connectivity index (χ3n) is 1.55. The lowest BCUT2D eigenvalue weighted by Crippen LogP contribution is -2.20. The van der Waals surface area contributed by atoms with E-state index in [0.717, 1.165) is 12.5 Å². The Morgan fingerprint density at radius 1 is 1.30 bits per heavy atom. The highest BCUT2D eigenvalue weighted by atomic mass is 28.3. The molecule has 0 rings (SSSR count). The van der Waals surface area contributed by atoms with Crippen molar-refractivity contribution in [3.05, 3.63) is 0 Å². The van der Waals surface area contributed by atoms with E-state index >= 15 is 0 Å². The molecule has 0 fully saturated rings. The lowest BCUT2D eigenvalue weighted by molar-refractivity contribution is -0.118. The Bertz CT molecular complexity index is 113. The van der Waals surface area contributed by atoms with Gasteiger partial charge in [-0.2, -0.15) is 0 Å². The van der Waals surface area contributed by atoms with Gasteiger partial charge < -0.3 is 0 Å². The largest absolute Gasteiger partial charge is 0.300 e. The molecule has 0 heterocycles. The van der Waals surface area contributed by atoms with Gasteiger partial charge in [-0.15, -0.1) is 0 Å². The van der Waals surface area contributed by atoms with Crippen molar-refractivity contribution < 1.29 is 4.79 Å². The minimum absolute atomic E-state index is 0.419. The quantitative estimate of drug-likeness (QED) is 0.575. The smallest absolute Gasteiger partial charge is 0.132 e. The van der Waals surface area contributed by atoms with Crippen LogP contribution in [0.5, 0.6) is 0 Å². The Balaban J connectivity index is 3.46. The van der Waals surface area contributed by atoms with E-state index in [9.17, 15) is 4.79 Å². The van der Waals surface area contributed by atoms with Crippen LogP contribution in [0, 0.1) is 0 Å². The second-order valence-electron chi connectivity index (χ2n) is 3.95. The summed E-state index contributed by atoms with van der Waals surface area (Å²) in [4.78, 5) is 10.9. The molecule has 0 radical (unpaired) electrons. The molecule has 10 heavy (non-hydrogen) atoms. The predicted molar refractivity (Wildman–Crippen MR) is 48.1 cm³/mol. The summed E-state index contributed by atoms with van der Waals surface area (Å²) < 4.78 is 0. The van der Waals surface area contributed by atoms with Crippen LogP contribution < -0.4 is 0 Å². The van der Waals surface area contributed by atoms with Gasteiger partial charge >= 0.3 is 0 Å². The molecule has 0 spiro atoms. The fourth-order valence-electron chi connectivity index (χ4n) is 0.691. The van der Waals surface area contributed by atoms with Crippen LogP contribution in [0.3, 0.4) is 0 Å². The Morgan fingerprint density at radius 3 is 2.10 bits per heavy atom. The molecule has 60 valence electrons. The molecule has 0 aliphatic carbocycles. The van der Waals surface area contributed by atoms with Crippen LogP contribution in [0.4, 0.5) is 0 Å². The fourth-order valence-corrected chi connectivity index (χ4v) is 1.72. The molecule has 2 heteroatoms. The number of carbonyl (C=O) groups is 1. The maximum absolute atomic E-state index is 10.9. The molecule has 0 aliphatic rings. The van der Waals surface area contributed by atoms with Crippen molar-refractivity contribution in [2.45, 2.75) is 45.5 Å². The fraction of sp³-hybridized carbons (Fsp3) is 0.875. The van der Waals surface area contributed by atoms with Crippen molar-refractivity contribution >= 4 is 13.9 Å². The van der Waals surface area contributed by atoms with Crippen molar-refractivity contribution in [1.29, 1.82) is 0 Å². The van der Waals surface area contributed by atoms with E-state index in [2.05, 4.69) is 19.6 Å². The van der Waals surface area contributed by atoms with Crippen LogP contribution >= 0.6 is 0 Å². The normalized spacial score (nSPS) is 11.6. The standard InChI is InChI=1S/C8H18OSi/c1-5-8(9)6-7-10(2,3)4/h5-7H2,1-4H3. The van der Waals surface area contributed by atoms with E-state index in [0.29, 0.717) is 12.2 Å². The van der Waals surface area contributed by atoms with Crippen LogP contribution in [-0.2, 0) is 4.79 Å². The maximum Gasteiger partial charge on any atom is 0.132 e. The monoisotopic (exact) mass is 158 g/mol. The first kappa shape index (κ1) is 9.89. The molecular weight excluding hydrogens is 140 g/mol. The predicted octanol–water partition coefficient (Wildman–Crippen LogP) is 2.69. The molecule has 0 atom stereocenters. The van der Waals surface area contributed by atoms with E-state index < -0.39 is 8.07 Å². The first-order valence-electron chi connectivity index (χ1n) is 3.97. The van der Waals surface area contributed by atoms with Gasteiger partial charge in [0, 0.05) is 20.9 Å². The molecular formula is C8H18OSi. The number of carbonyl (C=O) groups excluding carboxylic acids is 1. The summed E-state index contributed by atoms with van der Waals surface area (Å²) in [5.41, 5.74) is 0. The summed E-state index contributed by atoms with van der Waals surface area (Å²) in [6.07, 6.45) is 1.52. The summed E-state index contributed by atoms with van der Waals surface area (Å²) in [6.45, 7) is 8.84. The molecule has 0 aromatic heterocycles. The zero-order valence-electron chi connectivity index (χ0n) is 7.53. The number of Topliss-reactive ketones (excluding diaryl/α,β-unsaturated/α-hetero) is 1. The van der Waals surface area contributed by atoms with Crippen molar-refractivity contribution in [1.82, 2.24) is 0 Å². The van der Waals surface area contributed by atoms with Gasteiger partial charge in [-0.25, -0.2) is 0 Å². The molecule has 0 bridgehead atoms. The Kier molecular flexibility index (Phi) is 3.87. The van der Waals surface area contributed by atoms with Gasteiger partial charge in [0.05, 0.1) is 0 Å². The van der Waals surface area contributed by atoms with Gasteiger partial charge in [-0.05, 0) is 0 Å². The Hall–Kier alpha value is -0.113. The van der Waals surface area contributed by atoms with Crippen molar-refractivity contribution in [3.63, 3.8) is 0 Å². The third-order valence-corrected chi connectivity index (χ3v) is 3.30. The molecule has 1 nitrogen and oxygen atoms in total. The van der Waals surface area contributed by atoms with Gasteiger partial charge in [0.1, 0.15) is 5.78 Å². The topological polar surface area (TPSA) is 17.1 Å². The maximum atomic E-state index is 10.9. The van der Waals surface area contributed by atoms with Gasteiger partial charge in [-0.1, -0.05) is 32.6 Å². The van der Waals surface area contributed by atoms with E-state index in [-0.39, 0.29) is 0 Å². The Morgan fingerprint density at radius 2 is 1.80 bits per heavy atom. The van der Waals surface area contributed by atoms with Crippen LogP contribution in [0.2, 0.25) is 25.7 Å². The average Bonchev–Trinajstić information content (AvgIpc) is 1.81. The highest BCUT2D eigenvalue weighted by Crippen LogP contribution is 2.11. The number of rotatable bonds is 4. The van der Waals surface area contributed by atoms with Crippen LogP contribution in [0.1, 0.15) is 19.8 Å². The molecule has 0 amide bonds. The number of ketones is 1. The molecule has 0 saturated heterocycles. The first-order chi connectivity index (χ1) is 4.45. The second kappa shape index (κ2) is 3.91. The van der Waals surface area contributed by atoms with Crippen molar-refractivity contribution in [3.8, 4) is 0 Å². The SMILES string of the molecule is CCC(=O)CC[Si](C)(C)C. The highest BCUT2D eigenvalue weighted by Gasteiger charge is 2.13. The molecule has 0 aromatic carbocycles. The number of hydrogen-bond acceptors (Lipinski definition) is 1. The summed E-state index contributed by atoms with van der Waals surface area (Å²) in [7, 11) is -0.957. The third kappa shape index (κ3) is 6.01. The summed E-state index contributed by atoms with van der Waals surface area (Å²) in [6, 6.07) is 1.15. The average molecular weight is 158 g/mol. The summed E-state index contributed by atoms with van der Waals surface area (Å²) in [5.74, 6) is 0.419. The molecule has 0 aromatic rings. The van der Waals surface area contributed by atoms with Crippen molar-refractivity contribution in [2.24, 2.45) is 0 Å². The zero-order chi connectivity index (χ0) is 8.20. The summed E-state index contributed by atoms with van der Waals surface area (Å²) in [5, 5.41) is 0. The molecule has 0 N–H and O–H groups in total. The zero-order valence-corrected chi connectivity index (χ0v) is 8.53. The second-order valence-corrected chi connectivity index (χ2v) is 9.57. The lowest BCUT2D eigenvalue weighted by atomic mass is 10.2. The molecule has 0 saturated carbocycles. The molecule has 0 unspecified atom stereocenters. The van der Waals surface area contributed by atoms with Gasteiger partial charge in [0.2, 0.25) is 0 Å². The summed E-state index contributed by atoms with van der Waals surface area (Å²) >= 11 is 0. The van der Waals surface area contributed by atoms with E-state index in [1.165, 1.54) is 0 Å². The lowest BCUT2D eigenvalue weighted by Gasteiger charge is -2.13. The molecule has 0 aliphatic heterocycles. The first-order valence-corrected chi connectivity index (χ1v) is 7.68. The Labute approximate surface area is 64.8 Å². The van der Waals surface area contributed by atoms with E-state index in [1.807, 2.05) is 6.92 Å². The van der Waals surface area contributed by atoms with Crippen molar-refractivity contribution in [2.75, 3.05) is 0 Å². The minimum atomic E-state index is -0.957. The van der Waals surface area contributed by atoms with Gasteiger partial charge in [0.25, 0.3) is 0 Å². The van der Waals surface area contributed by atoms with E-state index in [1.54, 1.807) is 0 Å². The van der Waals surface area contributed by atoms with Crippen LogP contribution in [0.25, 0.3) is 0 Å². The van der Waals surface area contributed by atoms with Gasteiger partial charge in [-0.3, -0.25) is 4.79 Å². The number of hydrogen-bond donors (Lipinski definition) is 0. The van der Waals surface area contributed by atoms with Gasteiger partial charge in [0.15, 0.2) is 0 Å². The van der Waals surface area contributed by atoms with Crippen LogP contribution in [-0.4, -0.2) is 13.9 Å².